The minimum atomic E-state index is -0.499. The van der Waals surface area contributed by atoms with Crippen molar-refractivity contribution in [1.29, 1.82) is 0 Å². The van der Waals surface area contributed by atoms with E-state index in [9.17, 15) is 5.11 Å². The van der Waals surface area contributed by atoms with Gasteiger partial charge in [0.25, 0.3) is 0 Å². The van der Waals surface area contributed by atoms with Gasteiger partial charge in [-0.15, -0.1) is 0 Å². The molecule has 0 atom stereocenters. The highest BCUT2D eigenvalue weighted by Gasteiger charge is 2.39. The molecule has 0 saturated heterocycles. The first kappa shape index (κ1) is 18.1. The molecule has 0 radical (unpaired) electrons. The molecule has 2 aliphatic rings. The van der Waals surface area contributed by atoms with E-state index in [-0.39, 0.29) is 5.54 Å². The second kappa shape index (κ2) is 6.38. The summed E-state index contributed by atoms with van der Waals surface area (Å²) in [5.41, 5.74) is 5.09. The second-order valence-corrected chi connectivity index (χ2v) is 9.54. The van der Waals surface area contributed by atoms with Gasteiger partial charge >= 0.3 is 0 Å². The van der Waals surface area contributed by atoms with Gasteiger partial charge in [-0.25, -0.2) is 0 Å². The Morgan fingerprint density at radius 3 is 2.62 bits per heavy atom. The Bertz CT molecular complexity index is 811. The highest BCUT2D eigenvalue weighted by Crippen LogP contribution is 2.42. The zero-order valence-corrected chi connectivity index (χ0v) is 16.9. The van der Waals surface area contributed by atoms with Crippen LogP contribution in [0.4, 0.5) is 0 Å². The van der Waals surface area contributed by atoms with Gasteiger partial charge in [0.2, 0.25) is 0 Å². The van der Waals surface area contributed by atoms with Crippen molar-refractivity contribution in [2.45, 2.75) is 83.4 Å². The summed E-state index contributed by atoms with van der Waals surface area (Å²) in [5.74, 6) is 0. The van der Waals surface area contributed by atoms with Crippen LogP contribution in [0.25, 0.3) is 10.9 Å². The molecule has 1 aromatic carbocycles. The van der Waals surface area contributed by atoms with Crippen LogP contribution in [0.15, 0.2) is 18.2 Å². The Morgan fingerprint density at radius 2 is 1.88 bits per heavy atom. The lowest BCUT2D eigenvalue weighted by Gasteiger charge is -2.41. The molecule has 26 heavy (non-hydrogen) atoms. The summed E-state index contributed by atoms with van der Waals surface area (Å²) in [6.07, 6.45) is 7.47. The molecule has 1 aliphatic carbocycles. The van der Waals surface area contributed by atoms with Crippen molar-refractivity contribution in [3.8, 4) is 0 Å². The third-order valence-corrected chi connectivity index (χ3v) is 6.65. The summed E-state index contributed by atoms with van der Waals surface area (Å²) in [6.45, 7) is 8.99. The number of nitrogens with zero attached hydrogens (tertiary/aromatic N) is 2. The first-order valence-corrected chi connectivity index (χ1v) is 10.3. The van der Waals surface area contributed by atoms with Crippen LogP contribution in [0, 0.1) is 6.92 Å². The standard InChI is InChI=1S/C23H34N2O/c1-17-8-9-20-18(14-17)19-15-24(4)13-10-21(19)25(20)22(2,3)16-23(26)11-6-5-7-12-23/h8-9,14,26H,5-7,10-13,15-16H2,1-4H3. The number of benzene rings is 1. The van der Waals surface area contributed by atoms with E-state index in [0.29, 0.717) is 0 Å². The molecule has 1 N–H and O–H groups in total. The number of rotatable bonds is 3. The molecular formula is C23H34N2O. The average molecular weight is 355 g/mol. The summed E-state index contributed by atoms with van der Waals surface area (Å²) in [7, 11) is 2.22. The lowest BCUT2D eigenvalue weighted by atomic mass is 9.76. The van der Waals surface area contributed by atoms with E-state index in [2.05, 4.69) is 55.5 Å². The van der Waals surface area contributed by atoms with Gasteiger partial charge in [-0.05, 0) is 64.8 Å². The number of hydrogen-bond acceptors (Lipinski definition) is 2. The maximum Gasteiger partial charge on any atom is 0.0670 e. The predicted molar refractivity (Wildman–Crippen MR) is 109 cm³/mol. The van der Waals surface area contributed by atoms with Crippen LogP contribution >= 0.6 is 0 Å². The Labute approximate surface area is 158 Å². The number of hydrogen-bond donors (Lipinski definition) is 1. The minimum Gasteiger partial charge on any atom is -0.390 e. The summed E-state index contributed by atoms with van der Waals surface area (Å²) in [5, 5.41) is 12.7. The van der Waals surface area contributed by atoms with E-state index in [1.54, 1.807) is 0 Å². The highest BCUT2D eigenvalue weighted by atomic mass is 16.3. The Hall–Kier alpha value is -1.32. The van der Waals surface area contributed by atoms with Gasteiger partial charge in [0.05, 0.1) is 5.60 Å². The van der Waals surface area contributed by atoms with Gasteiger partial charge in [0.15, 0.2) is 0 Å². The number of aliphatic hydroxyl groups is 1. The van der Waals surface area contributed by atoms with Crippen molar-refractivity contribution >= 4 is 10.9 Å². The van der Waals surface area contributed by atoms with Crippen LogP contribution in [-0.4, -0.2) is 33.8 Å². The van der Waals surface area contributed by atoms with Gasteiger partial charge in [-0.3, -0.25) is 0 Å². The molecule has 3 nitrogen and oxygen atoms in total. The molecule has 4 rings (SSSR count). The monoisotopic (exact) mass is 354 g/mol. The van der Waals surface area contributed by atoms with Crippen molar-refractivity contribution in [3.63, 3.8) is 0 Å². The molecule has 3 heteroatoms. The first-order chi connectivity index (χ1) is 12.3. The Kier molecular flexibility index (Phi) is 4.44. The fourth-order valence-corrected chi connectivity index (χ4v) is 5.57. The second-order valence-electron chi connectivity index (χ2n) is 9.54. The van der Waals surface area contributed by atoms with Crippen molar-refractivity contribution in [2.24, 2.45) is 0 Å². The fourth-order valence-electron chi connectivity index (χ4n) is 5.57. The lowest BCUT2D eigenvalue weighted by Crippen LogP contribution is -2.42. The van der Waals surface area contributed by atoms with E-state index >= 15 is 0 Å². The van der Waals surface area contributed by atoms with Gasteiger partial charge in [0.1, 0.15) is 0 Å². The van der Waals surface area contributed by atoms with Crippen LogP contribution in [-0.2, 0) is 18.5 Å². The van der Waals surface area contributed by atoms with E-state index in [1.807, 2.05) is 0 Å². The third kappa shape index (κ3) is 3.10. The van der Waals surface area contributed by atoms with E-state index in [0.717, 1.165) is 38.8 Å². The molecule has 0 amide bonds. The summed E-state index contributed by atoms with van der Waals surface area (Å²) >= 11 is 0. The summed E-state index contributed by atoms with van der Waals surface area (Å²) < 4.78 is 2.58. The topological polar surface area (TPSA) is 28.4 Å². The number of fused-ring (bicyclic) bond motifs is 3. The zero-order valence-electron chi connectivity index (χ0n) is 16.9. The number of aryl methyl sites for hydroxylation is 1. The summed E-state index contributed by atoms with van der Waals surface area (Å²) in [6, 6.07) is 6.89. The van der Waals surface area contributed by atoms with Crippen LogP contribution in [0.2, 0.25) is 0 Å². The van der Waals surface area contributed by atoms with Crippen molar-refractivity contribution < 1.29 is 5.11 Å². The molecular weight excluding hydrogens is 320 g/mol. The third-order valence-electron chi connectivity index (χ3n) is 6.65. The number of likely N-dealkylation sites (N-methyl/N-ethyl adjacent to an activating group) is 1. The molecule has 2 heterocycles. The van der Waals surface area contributed by atoms with Gasteiger partial charge in [-0.2, -0.15) is 0 Å². The summed E-state index contributed by atoms with van der Waals surface area (Å²) in [4.78, 5) is 2.43. The predicted octanol–water partition coefficient (Wildman–Crippen LogP) is 4.76. The van der Waals surface area contributed by atoms with Crippen LogP contribution in [0.3, 0.4) is 0 Å². The quantitative estimate of drug-likeness (QED) is 0.861. The SMILES string of the molecule is Cc1ccc2c(c1)c1c(n2C(C)(C)CC2(O)CCCCC2)CCN(C)C1. The van der Waals surface area contributed by atoms with Crippen LogP contribution < -0.4 is 0 Å². The maximum absolute atomic E-state index is 11.2. The van der Waals surface area contributed by atoms with Crippen LogP contribution in [0.1, 0.15) is 69.2 Å². The maximum atomic E-state index is 11.2. The van der Waals surface area contributed by atoms with Crippen molar-refractivity contribution in [3.05, 3.63) is 35.0 Å². The van der Waals surface area contributed by atoms with E-state index in [4.69, 9.17) is 0 Å². The van der Waals surface area contributed by atoms with Gasteiger partial charge in [-0.1, -0.05) is 30.9 Å². The molecule has 1 aliphatic heterocycles. The Balaban J connectivity index is 1.82. The van der Waals surface area contributed by atoms with Crippen molar-refractivity contribution in [2.75, 3.05) is 13.6 Å². The van der Waals surface area contributed by atoms with Gasteiger partial charge < -0.3 is 14.6 Å². The largest absolute Gasteiger partial charge is 0.390 e. The van der Waals surface area contributed by atoms with E-state index in [1.165, 1.54) is 47.0 Å². The van der Waals surface area contributed by atoms with Crippen molar-refractivity contribution in [1.82, 2.24) is 9.47 Å². The average Bonchev–Trinajstić information content (AvgIpc) is 2.88. The highest BCUT2D eigenvalue weighted by molar-refractivity contribution is 5.87. The van der Waals surface area contributed by atoms with Gasteiger partial charge in [0, 0.05) is 41.6 Å². The first-order valence-electron chi connectivity index (χ1n) is 10.3. The number of aromatic nitrogens is 1. The fraction of sp³-hybridized carbons (Fsp3) is 0.652. The molecule has 0 unspecified atom stereocenters. The molecule has 142 valence electrons. The van der Waals surface area contributed by atoms with E-state index < -0.39 is 5.60 Å². The molecule has 0 bridgehead atoms. The Morgan fingerprint density at radius 1 is 1.15 bits per heavy atom. The molecule has 0 spiro atoms. The minimum absolute atomic E-state index is 0.0803. The zero-order chi connectivity index (χ0) is 18.5. The molecule has 1 fully saturated rings. The molecule has 2 aromatic rings. The normalized spacial score (nSPS) is 21.1. The molecule has 1 saturated carbocycles. The van der Waals surface area contributed by atoms with Crippen LogP contribution in [0.5, 0.6) is 0 Å². The lowest BCUT2D eigenvalue weighted by molar-refractivity contribution is -0.0295. The smallest absolute Gasteiger partial charge is 0.0670 e. The molecule has 1 aromatic heterocycles.